The number of fused-ring (bicyclic) bond motifs is 7. The first-order valence-electron chi connectivity index (χ1n) is 11.9. The van der Waals surface area contributed by atoms with Crippen LogP contribution in [0.3, 0.4) is 0 Å². The molecule has 0 aromatic heterocycles. The molecule has 3 nitrogen and oxygen atoms in total. The highest BCUT2D eigenvalue weighted by Crippen LogP contribution is 2.63. The number of hydrogen-bond acceptors (Lipinski definition) is 2. The van der Waals surface area contributed by atoms with E-state index in [0.29, 0.717) is 17.9 Å². The molecule has 2 saturated carbocycles. The van der Waals surface area contributed by atoms with Crippen molar-refractivity contribution in [1.82, 2.24) is 0 Å². The van der Waals surface area contributed by atoms with Crippen LogP contribution in [0, 0.1) is 31.6 Å². The van der Waals surface area contributed by atoms with Crippen molar-refractivity contribution in [2.24, 2.45) is 17.8 Å². The Hall–Kier alpha value is -3.07. The smallest absolute Gasteiger partial charge is 0.255 e. The first-order chi connectivity index (χ1) is 15.6. The van der Waals surface area contributed by atoms with Gasteiger partial charge in [-0.2, -0.15) is 0 Å². The van der Waals surface area contributed by atoms with Crippen LogP contribution in [0.2, 0.25) is 0 Å². The summed E-state index contributed by atoms with van der Waals surface area (Å²) in [4.78, 5) is 13.1. The Bertz CT molecular complexity index is 1160. The molecule has 3 aliphatic rings. The zero-order chi connectivity index (χ0) is 21.8. The van der Waals surface area contributed by atoms with E-state index in [2.05, 4.69) is 73.0 Å². The minimum absolute atomic E-state index is 0.0253. The number of rotatable bonds is 3. The monoisotopic (exact) mass is 422 g/mol. The SMILES string of the molecule is Cc1cc(C)cc(NC(=O)c2ccc3c(c2)[C@@H]2[C@H]4CC[C@@H](C4)[C@H]2[C@@H](c2ccccc2)N3)c1. The van der Waals surface area contributed by atoms with Gasteiger partial charge in [0.25, 0.3) is 5.91 Å². The molecule has 2 fully saturated rings. The minimum Gasteiger partial charge on any atom is -0.378 e. The Morgan fingerprint density at radius 1 is 0.906 bits per heavy atom. The van der Waals surface area contributed by atoms with Crippen molar-refractivity contribution in [3.8, 4) is 0 Å². The summed E-state index contributed by atoms with van der Waals surface area (Å²) in [6.45, 7) is 4.12. The largest absolute Gasteiger partial charge is 0.378 e. The van der Waals surface area contributed by atoms with Gasteiger partial charge in [0.1, 0.15) is 0 Å². The third-order valence-corrected chi connectivity index (χ3v) is 7.99. The lowest BCUT2D eigenvalue weighted by Gasteiger charge is -2.43. The van der Waals surface area contributed by atoms with Crippen LogP contribution in [0.25, 0.3) is 0 Å². The van der Waals surface area contributed by atoms with Gasteiger partial charge in [-0.3, -0.25) is 4.79 Å². The van der Waals surface area contributed by atoms with Crippen molar-refractivity contribution in [2.75, 3.05) is 10.6 Å². The molecule has 1 heterocycles. The first kappa shape index (κ1) is 19.6. The maximum absolute atomic E-state index is 13.1. The predicted octanol–water partition coefficient (Wildman–Crippen LogP) is 6.85. The summed E-state index contributed by atoms with van der Waals surface area (Å²) in [5.74, 6) is 2.66. The Morgan fingerprint density at radius 3 is 2.44 bits per heavy atom. The Morgan fingerprint density at radius 2 is 1.66 bits per heavy atom. The molecular weight excluding hydrogens is 392 g/mol. The number of carbonyl (C=O) groups is 1. The standard InChI is InChI=1S/C29H30N2O/c1-17-12-18(2)14-23(13-17)30-29(32)22-10-11-25-24(16-22)26-20-8-9-21(15-20)27(26)28(31-25)19-6-4-3-5-7-19/h3-7,10-14,16,20-21,26-28,31H,8-9,15H2,1-2H3,(H,30,32)/t20-,21-,26-,27+,28+/m0/s1. The highest BCUT2D eigenvalue weighted by molar-refractivity contribution is 6.04. The van der Waals surface area contributed by atoms with Crippen molar-refractivity contribution in [3.63, 3.8) is 0 Å². The second-order valence-electron chi connectivity index (χ2n) is 10.1. The van der Waals surface area contributed by atoms with Gasteiger partial charge < -0.3 is 10.6 Å². The quantitative estimate of drug-likeness (QED) is 0.484. The molecule has 2 N–H and O–H groups in total. The second kappa shape index (κ2) is 7.51. The summed E-state index contributed by atoms with van der Waals surface area (Å²) < 4.78 is 0. The van der Waals surface area contributed by atoms with Gasteiger partial charge in [0.2, 0.25) is 0 Å². The third-order valence-electron chi connectivity index (χ3n) is 7.99. The fourth-order valence-electron chi connectivity index (χ4n) is 6.87. The maximum Gasteiger partial charge on any atom is 0.255 e. The molecule has 3 aromatic carbocycles. The van der Waals surface area contributed by atoms with Gasteiger partial charge in [-0.15, -0.1) is 0 Å². The fraction of sp³-hybridized carbons (Fsp3) is 0.345. The zero-order valence-electron chi connectivity index (χ0n) is 18.8. The number of hydrogen-bond donors (Lipinski definition) is 2. The predicted molar refractivity (Wildman–Crippen MR) is 130 cm³/mol. The van der Waals surface area contributed by atoms with E-state index in [-0.39, 0.29) is 5.91 Å². The maximum atomic E-state index is 13.1. The third kappa shape index (κ3) is 3.23. The molecule has 2 aliphatic carbocycles. The van der Waals surface area contributed by atoms with Crippen molar-refractivity contribution < 1.29 is 4.79 Å². The van der Waals surface area contributed by atoms with Gasteiger partial charge in [-0.1, -0.05) is 36.4 Å². The van der Waals surface area contributed by atoms with Crippen molar-refractivity contribution in [2.45, 2.75) is 45.1 Å². The number of carbonyl (C=O) groups excluding carboxylic acids is 1. The van der Waals surface area contributed by atoms with Gasteiger partial charge in [0.15, 0.2) is 0 Å². The number of nitrogens with one attached hydrogen (secondary N) is 2. The molecule has 0 unspecified atom stereocenters. The zero-order valence-corrected chi connectivity index (χ0v) is 18.8. The number of benzene rings is 3. The van der Waals surface area contributed by atoms with E-state index in [1.165, 1.54) is 36.1 Å². The summed E-state index contributed by atoms with van der Waals surface area (Å²) in [5, 5.41) is 6.98. The fourth-order valence-corrected chi connectivity index (χ4v) is 6.87. The first-order valence-corrected chi connectivity index (χ1v) is 11.9. The van der Waals surface area contributed by atoms with E-state index in [9.17, 15) is 4.79 Å². The summed E-state index contributed by atoms with van der Waals surface area (Å²) in [6.07, 6.45) is 4.00. The molecule has 0 spiro atoms. The van der Waals surface area contributed by atoms with Crippen LogP contribution >= 0.6 is 0 Å². The van der Waals surface area contributed by atoms with Crippen LogP contribution in [-0.4, -0.2) is 5.91 Å². The van der Waals surface area contributed by atoms with E-state index < -0.39 is 0 Å². The molecule has 5 atom stereocenters. The second-order valence-corrected chi connectivity index (χ2v) is 10.1. The molecule has 6 rings (SSSR count). The molecular formula is C29H30N2O. The van der Waals surface area contributed by atoms with E-state index in [1.807, 2.05) is 18.2 Å². The number of aryl methyl sites for hydroxylation is 2. The average Bonchev–Trinajstić information content (AvgIpc) is 3.41. The van der Waals surface area contributed by atoms with Crippen LogP contribution in [0.1, 0.15) is 63.8 Å². The van der Waals surface area contributed by atoms with Gasteiger partial charge in [0.05, 0.1) is 6.04 Å². The normalized spacial score (nSPS) is 27.4. The van der Waals surface area contributed by atoms with Gasteiger partial charge in [-0.05, 0) is 109 Å². The van der Waals surface area contributed by atoms with Crippen LogP contribution in [0.15, 0.2) is 66.7 Å². The molecule has 32 heavy (non-hydrogen) atoms. The van der Waals surface area contributed by atoms with Crippen LogP contribution in [0.4, 0.5) is 11.4 Å². The van der Waals surface area contributed by atoms with E-state index >= 15 is 0 Å². The van der Waals surface area contributed by atoms with E-state index in [4.69, 9.17) is 0 Å². The molecule has 3 heteroatoms. The Kier molecular flexibility index (Phi) is 4.60. The van der Waals surface area contributed by atoms with Crippen molar-refractivity contribution >= 4 is 17.3 Å². The molecule has 162 valence electrons. The van der Waals surface area contributed by atoms with Crippen LogP contribution in [0.5, 0.6) is 0 Å². The van der Waals surface area contributed by atoms with Gasteiger partial charge in [0, 0.05) is 16.9 Å². The lowest BCUT2D eigenvalue weighted by Crippen LogP contribution is -2.35. The number of anilines is 2. The number of amides is 1. The molecule has 1 aliphatic heterocycles. The summed E-state index contributed by atoms with van der Waals surface area (Å²) in [5.41, 5.74) is 7.88. The molecule has 0 radical (unpaired) electrons. The van der Waals surface area contributed by atoms with Gasteiger partial charge >= 0.3 is 0 Å². The Balaban J connectivity index is 1.34. The van der Waals surface area contributed by atoms with Crippen LogP contribution < -0.4 is 10.6 Å². The highest BCUT2D eigenvalue weighted by atomic mass is 16.1. The Labute approximate surface area is 190 Å². The van der Waals surface area contributed by atoms with E-state index in [1.54, 1.807) is 0 Å². The lowest BCUT2D eigenvalue weighted by molar-refractivity contribution is 0.102. The van der Waals surface area contributed by atoms with Gasteiger partial charge in [-0.25, -0.2) is 0 Å². The minimum atomic E-state index is -0.0253. The summed E-state index contributed by atoms with van der Waals surface area (Å²) in [7, 11) is 0. The van der Waals surface area contributed by atoms with Crippen molar-refractivity contribution in [3.05, 3.63) is 94.5 Å². The summed E-state index contributed by atoms with van der Waals surface area (Å²) in [6, 6.07) is 23.7. The molecule has 3 aromatic rings. The molecule has 2 bridgehead atoms. The molecule has 1 amide bonds. The lowest BCUT2D eigenvalue weighted by atomic mass is 9.68. The average molecular weight is 423 g/mol. The molecule has 0 saturated heterocycles. The topological polar surface area (TPSA) is 41.1 Å². The van der Waals surface area contributed by atoms with Crippen LogP contribution in [-0.2, 0) is 0 Å². The van der Waals surface area contributed by atoms with E-state index in [0.717, 1.165) is 34.2 Å². The summed E-state index contributed by atoms with van der Waals surface area (Å²) >= 11 is 0. The van der Waals surface area contributed by atoms with Crippen molar-refractivity contribution in [1.29, 1.82) is 0 Å². The highest BCUT2D eigenvalue weighted by Gasteiger charge is 2.53.